The molecule has 1 heterocycles. The third-order valence-electron chi connectivity index (χ3n) is 2.06. The molecule has 0 radical (unpaired) electrons. The van der Waals surface area contributed by atoms with Crippen molar-refractivity contribution < 1.29 is 0 Å². The van der Waals surface area contributed by atoms with Crippen LogP contribution in [-0.2, 0) is 0 Å². The summed E-state index contributed by atoms with van der Waals surface area (Å²) in [5, 5.41) is 8.01. The maximum Gasteiger partial charge on any atom is 0.135 e. The van der Waals surface area contributed by atoms with Crippen molar-refractivity contribution in [2.24, 2.45) is 0 Å². The van der Waals surface area contributed by atoms with E-state index in [1.54, 1.807) is 0 Å². The molecule has 0 amide bonds. The maximum atomic E-state index is 4.09. The van der Waals surface area contributed by atoms with Gasteiger partial charge in [0.1, 0.15) is 12.2 Å². The van der Waals surface area contributed by atoms with Gasteiger partial charge in [0.2, 0.25) is 0 Å². The molecular formula is C8H13N3. The normalized spacial score (nSPS) is 17.7. The zero-order chi connectivity index (χ0) is 7.84. The second-order valence-electron chi connectivity index (χ2n) is 3.48. The minimum Gasteiger partial charge on any atom is -0.314 e. The fourth-order valence-electron chi connectivity index (χ4n) is 1.30. The van der Waals surface area contributed by atoms with Crippen LogP contribution in [0.3, 0.4) is 0 Å². The smallest absolute Gasteiger partial charge is 0.135 e. The van der Waals surface area contributed by atoms with Crippen molar-refractivity contribution >= 4 is 0 Å². The van der Waals surface area contributed by atoms with Crippen molar-refractivity contribution in [3.05, 3.63) is 12.2 Å². The van der Waals surface area contributed by atoms with Gasteiger partial charge in [-0.05, 0) is 12.8 Å². The molecule has 0 spiro atoms. The van der Waals surface area contributed by atoms with Crippen molar-refractivity contribution in [2.75, 3.05) is 0 Å². The lowest BCUT2D eigenvalue weighted by Crippen LogP contribution is -2.01. The summed E-state index contributed by atoms with van der Waals surface area (Å²) in [7, 11) is 0. The van der Waals surface area contributed by atoms with Gasteiger partial charge in [0.05, 0.1) is 0 Å². The van der Waals surface area contributed by atoms with Crippen LogP contribution in [0.15, 0.2) is 6.33 Å². The Bertz CT molecular complexity index is 231. The van der Waals surface area contributed by atoms with Gasteiger partial charge in [-0.3, -0.25) is 0 Å². The van der Waals surface area contributed by atoms with E-state index in [-0.39, 0.29) is 0 Å². The van der Waals surface area contributed by atoms with Gasteiger partial charge >= 0.3 is 0 Å². The summed E-state index contributed by atoms with van der Waals surface area (Å²) in [5.74, 6) is 1.63. The predicted molar refractivity (Wildman–Crippen MR) is 42.4 cm³/mol. The van der Waals surface area contributed by atoms with Gasteiger partial charge in [0.15, 0.2) is 0 Å². The highest BCUT2D eigenvalue weighted by atomic mass is 15.3. The number of hydrogen-bond acceptors (Lipinski definition) is 2. The Morgan fingerprint density at radius 2 is 2.27 bits per heavy atom. The molecule has 2 rings (SSSR count). The largest absolute Gasteiger partial charge is 0.314 e. The van der Waals surface area contributed by atoms with Gasteiger partial charge in [-0.15, -0.1) is 10.2 Å². The number of rotatable bonds is 2. The second kappa shape index (κ2) is 2.32. The summed E-state index contributed by atoms with van der Waals surface area (Å²) in [6.45, 7) is 4.31. The van der Waals surface area contributed by atoms with E-state index in [0.29, 0.717) is 12.0 Å². The van der Waals surface area contributed by atoms with E-state index in [1.807, 2.05) is 6.33 Å². The van der Waals surface area contributed by atoms with Crippen LogP contribution in [0.2, 0.25) is 0 Å². The lowest BCUT2D eigenvalue weighted by Gasteiger charge is -2.05. The maximum absolute atomic E-state index is 4.09. The molecule has 0 bridgehead atoms. The van der Waals surface area contributed by atoms with Gasteiger partial charge in [0, 0.05) is 12.0 Å². The van der Waals surface area contributed by atoms with E-state index in [2.05, 4.69) is 28.6 Å². The molecule has 0 aromatic carbocycles. The molecule has 0 unspecified atom stereocenters. The van der Waals surface area contributed by atoms with E-state index >= 15 is 0 Å². The van der Waals surface area contributed by atoms with Gasteiger partial charge in [-0.25, -0.2) is 0 Å². The van der Waals surface area contributed by atoms with Crippen molar-refractivity contribution in [2.45, 2.75) is 38.6 Å². The SMILES string of the molecule is CC(C)c1nncn1C1CC1. The van der Waals surface area contributed by atoms with Crippen LogP contribution in [0.5, 0.6) is 0 Å². The van der Waals surface area contributed by atoms with Crippen molar-refractivity contribution in [3.63, 3.8) is 0 Å². The molecule has 0 aliphatic heterocycles. The van der Waals surface area contributed by atoms with E-state index in [9.17, 15) is 0 Å². The number of aromatic nitrogens is 3. The monoisotopic (exact) mass is 151 g/mol. The molecule has 1 saturated carbocycles. The third-order valence-corrected chi connectivity index (χ3v) is 2.06. The summed E-state index contributed by atoms with van der Waals surface area (Å²) in [6, 6.07) is 0.711. The van der Waals surface area contributed by atoms with Crippen molar-refractivity contribution in [1.29, 1.82) is 0 Å². The summed E-state index contributed by atoms with van der Waals surface area (Å²) < 4.78 is 2.21. The molecule has 0 saturated heterocycles. The Kier molecular flexibility index (Phi) is 1.44. The third kappa shape index (κ3) is 1.15. The zero-order valence-corrected chi connectivity index (χ0v) is 6.99. The molecule has 1 aromatic heterocycles. The van der Waals surface area contributed by atoms with Crippen LogP contribution < -0.4 is 0 Å². The lowest BCUT2D eigenvalue weighted by molar-refractivity contribution is 0.639. The standard InChI is InChI=1S/C8H13N3/c1-6(2)8-10-9-5-11(8)7-3-4-7/h5-7H,3-4H2,1-2H3. The molecule has 3 heteroatoms. The van der Waals surface area contributed by atoms with Crippen LogP contribution in [0.4, 0.5) is 0 Å². The highest BCUT2D eigenvalue weighted by molar-refractivity contribution is 4.98. The van der Waals surface area contributed by atoms with E-state index in [4.69, 9.17) is 0 Å². The highest BCUT2D eigenvalue weighted by Crippen LogP contribution is 2.36. The van der Waals surface area contributed by atoms with Crippen LogP contribution in [-0.4, -0.2) is 14.8 Å². The quantitative estimate of drug-likeness (QED) is 0.644. The van der Waals surface area contributed by atoms with Gasteiger partial charge < -0.3 is 4.57 Å². The number of nitrogens with zero attached hydrogens (tertiary/aromatic N) is 3. The van der Waals surface area contributed by atoms with Crippen molar-refractivity contribution in [3.8, 4) is 0 Å². The molecule has 1 fully saturated rings. The van der Waals surface area contributed by atoms with Gasteiger partial charge in [0.25, 0.3) is 0 Å². The minimum atomic E-state index is 0.498. The fraction of sp³-hybridized carbons (Fsp3) is 0.750. The van der Waals surface area contributed by atoms with Crippen molar-refractivity contribution in [1.82, 2.24) is 14.8 Å². The summed E-state index contributed by atoms with van der Waals surface area (Å²) in [4.78, 5) is 0. The summed E-state index contributed by atoms with van der Waals surface area (Å²) in [5.41, 5.74) is 0. The minimum absolute atomic E-state index is 0.498. The summed E-state index contributed by atoms with van der Waals surface area (Å²) in [6.07, 6.45) is 4.46. The average Bonchev–Trinajstić information content (AvgIpc) is 2.68. The molecule has 0 atom stereocenters. The van der Waals surface area contributed by atoms with E-state index < -0.39 is 0 Å². The molecule has 1 aromatic rings. The first-order chi connectivity index (χ1) is 5.29. The van der Waals surface area contributed by atoms with Crippen LogP contribution in [0.1, 0.15) is 44.5 Å². The highest BCUT2D eigenvalue weighted by Gasteiger charge is 2.26. The Labute approximate surface area is 66.4 Å². The van der Waals surface area contributed by atoms with E-state index in [1.165, 1.54) is 12.8 Å². The van der Waals surface area contributed by atoms with Crippen LogP contribution in [0, 0.1) is 0 Å². The van der Waals surface area contributed by atoms with Gasteiger partial charge in [-0.2, -0.15) is 0 Å². The van der Waals surface area contributed by atoms with Gasteiger partial charge in [-0.1, -0.05) is 13.8 Å². The average molecular weight is 151 g/mol. The fourth-order valence-corrected chi connectivity index (χ4v) is 1.30. The molecule has 1 aliphatic carbocycles. The Morgan fingerprint density at radius 1 is 1.55 bits per heavy atom. The van der Waals surface area contributed by atoms with Crippen LogP contribution in [0.25, 0.3) is 0 Å². The first-order valence-electron chi connectivity index (χ1n) is 4.18. The Balaban J connectivity index is 2.30. The summed E-state index contributed by atoms with van der Waals surface area (Å²) >= 11 is 0. The number of hydrogen-bond donors (Lipinski definition) is 0. The molecule has 1 aliphatic rings. The molecule has 60 valence electrons. The van der Waals surface area contributed by atoms with E-state index in [0.717, 1.165) is 5.82 Å². The predicted octanol–water partition coefficient (Wildman–Crippen LogP) is 1.74. The second-order valence-corrected chi connectivity index (χ2v) is 3.48. The zero-order valence-electron chi connectivity index (χ0n) is 6.99. The first kappa shape index (κ1) is 6.83. The topological polar surface area (TPSA) is 30.7 Å². The molecule has 3 nitrogen and oxygen atoms in total. The Morgan fingerprint density at radius 3 is 2.82 bits per heavy atom. The Hall–Kier alpha value is -0.860. The van der Waals surface area contributed by atoms with Crippen LogP contribution >= 0.6 is 0 Å². The first-order valence-corrected chi connectivity index (χ1v) is 4.18. The molecule has 11 heavy (non-hydrogen) atoms. The lowest BCUT2D eigenvalue weighted by atomic mass is 10.2. The molecular weight excluding hydrogens is 138 g/mol. The molecule has 0 N–H and O–H groups in total.